The van der Waals surface area contributed by atoms with Gasteiger partial charge in [0.05, 0.1) is 23.3 Å². The van der Waals surface area contributed by atoms with Crippen molar-refractivity contribution in [1.29, 1.82) is 0 Å². The van der Waals surface area contributed by atoms with Gasteiger partial charge in [0.2, 0.25) is 0 Å². The Morgan fingerprint density at radius 2 is 2.29 bits per heavy atom. The number of hydrogen-bond acceptors (Lipinski definition) is 3. The third-order valence-electron chi connectivity index (χ3n) is 1.68. The van der Waals surface area contributed by atoms with Crippen molar-refractivity contribution in [2.75, 3.05) is 0 Å². The van der Waals surface area contributed by atoms with E-state index in [9.17, 15) is 13.6 Å². The molecule has 0 saturated carbocycles. The lowest BCUT2D eigenvalue weighted by molar-refractivity contribution is 0.110. The first-order valence-corrected chi connectivity index (χ1v) is 4.15. The fraction of sp³-hybridized carbons (Fsp3) is 0.250. The molecule has 0 saturated heterocycles. The van der Waals surface area contributed by atoms with E-state index in [1.54, 1.807) is 0 Å². The molecule has 1 aromatic rings. The number of nitrogens with zero attached hydrogens (tertiary/aromatic N) is 1. The van der Waals surface area contributed by atoms with Crippen molar-refractivity contribution in [2.45, 2.75) is 12.3 Å². The predicted octanol–water partition coefficient (Wildman–Crippen LogP) is 2.28. The molecule has 1 heterocycles. The van der Waals surface area contributed by atoms with Crippen LogP contribution in [0.15, 0.2) is 6.20 Å². The van der Waals surface area contributed by atoms with Crippen LogP contribution in [0.3, 0.4) is 0 Å². The number of alkyl halides is 3. The monoisotopic (exact) mass is 221 g/mol. The van der Waals surface area contributed by atoms with Gasteiger partial charge in [-0.3, -0.25) is 9.78 Å². The second kappa shape index (κ2) is 4.32. The molecule has 0 amide bonds. The van der Waals surface area contributed by atoms with Crippen LogP contribution in [0.2, 0.25) is 0 Å². The number of aromatic hydroxyl groups is 1. The molecule has 0 atom stereocenters. The summed E-state index contributed by atoms with van der Waals surface area (Å²) in [5.41, 5.74) is -1.02. The maximum Gasteiger partial charge on any atom is 0.268 e. The predicted molar refractivity (Wildman–Crippen MR) is 45.8 cm³/mol. The van der Waals surface area contributed by atoms with E-state index in [1.807, 2.05) is 0 Å². The minimum absolute atomic E-state index is 0.0368. The molecule has 76 valence electrons. The van der Waals surface area contributed by atoms with Crippen molar-refractivity contribution in [1.82, 2.24) is 4.98 Å². The number of hydrogen-bond donors (Lipinski definition) is 1. The molecule has 1 N–H and O–H groups in total. The molecular weight excluding hydrogens is 216 g/mol. The van der Waals surface area contributed by atoms with Crippen molar-refractivity contribution < 1.29 is 18.7 Å². The lowest BCUT2D eigenvalue weighted by Crippen LogP contribution is -2.01. The molecule has 0 aromatic carbocycles. The number of aromatic nitrogens is 1. The molecule has 3 nitrogen and oxygen atoms in total. The SMILES string of the molecule is O=Cc1c(CCl)ncc(O)c1C(F)F. The zero-order chi connectivity index (χ0) is 10.7. The Balaban J connectivity index is 3.42. The standard InChI is InChI=1S/C8H6ClF2NO2/c9-1-5-4(3-13)7(8(10)11)6(14)2-12-5/h2-3,8,14H,1H2. The summed E-state index contributed by atoms with van der Waals surface area (Å²) in [6.45, 7) is 0. The third kappa shape index (κ3) is 1.82. The van der Waals surface area contributed by atoms with E-state index >= 15 is 0 Å². The van der Waals surface area contributed by atoms with E-state index in [0.717, 1.165) is 6.20 Å². The highest BCUT2D eigenvalue weighted by Gasteiger charge is 2.21. The zero-order valence-corrected chi connectivity index (χ0v) is 7.63. The number of carbonyl (C=O) groups is 1. The second-order valence-electron chi connectivity index (χ2n) is 2.47. The average Bonchev–Trinajstić information content (AvgIpc) is 2.16. The molecule has 0 fully saturated rings. The quantitative estimate of drug-likeness (QED) is 0.629. The molecule has 0 aliphatic rings. The minimum atomic E-state index is -2.93. The molecular formula is C8H6ClF2NO2. The summed E-state index contributed by atoms with van der Waals surface area (Å²) in [4.78, 5) is 14.1. The van der Waals surface area contributed by atoms with Crippen LogP contribution >= 0.6 is 11.6 Å². The smallest absolute Gasteiger partial charge is 0.268 e. The van der Waals surface area contributed by atoms with Gasteiger partial charge in [0, 0.05) is 5.56 Å². The van der Waals surface area contributed by atoms with Gasteiger partial charge in [-0.05, 0) is 0 Å². The van der Waals surface area contributed by atoms with E-state index < -0.39 is 17.7 Å². The minimum Gasteiger partial charge on any atom is -0.506 e. The van der Waals surface area contributed by atoms with Gasteiger partial charge >= 0.3 is 0 Å². The molecule has 1 rings (SSSR count). The second-order valence-corrected chi connectivity index (χ2v) is 2.74. The van der Waals surface area contributed by atoms with Gasteiger partial charge in [0.1, 0.15) is 5.75 Å². The first-order chi connectivity index (χ1) is 6.61. The molecule has 0 spiro atoms. The molecule has 1 aromatic heterocycles. The van der Waals surface area contributed by atoms with E-state index in [0.29, 0.717) is 0 Å². The van der Waals surface area contributed by atoms with E-state index in [2.05, 4.69) is 4.98 Å². The summed E-state index contributed by atoms with van der Waals surface area (Å²) < 4.78 is 24.8. The van der Waals surface area contributed by atoms with Gasteiger partial charge in [-0.15, -0.1) is 11.6 Å². The van der Waals surface area contributed by atoms with Crippen LogP contribution in [-0.4, -0.2) is 16.4 Å². The fourth-order valence-electron chi connectivity index (χ4n) is 1.04. The van der Waals surface area contributed by atoms with Crippen LogP contribution < -0.4 is 0 Å². The Kier molecular flexibility index (Phi) is 3.35. The zero-order valence-electron chi connectivity index (χ0n) is 6.88. The highest BCUT2D eigenvalue weighted by atomic mass is 35.5. The lowest BCUT2D eigenvalue weighted by Gasteiger charge is -2.08. The summed E-state index contributed by atoms with van der Waals surface area (Å²) in [5, 5.41) is 9.07. The number of halogens is 3. The molecule has 0 bridgehead atoms. The average molecular weight is 222 g/mol. The Morgan fingerprint density at radius 1 is 1.64 bits per heavy atom. The van der Waals surface area contributed by atoms with Crippen molar-refractivity contribution in [3.05, 3.63) is 23.0 Å². The van der Waals surface area contributed by atoms with E-state index in [4.69, 9.17) is 16.7 Å². The third-order valence-corrected chi connectivity index (χ3v) is 1.94. The van der Waals surface area contributed by atoms with Crippen molar-refractivity contribution >= 4 is 17.9 Å². The van der Waals surface area contributed by atoms with Crippen molar-refractivity contribution in [3.63, 3.8) is 0 Å². The normalized spacial score (nSPS) is 10.6. The number of aldehydes is 1. The number of rotatable bonds is 3. The van der Waals surface area contributed by atoms with Gasteiger partial charge < -0.3 is 5.11 Å². The van der Waals surface area contributed by atoms with Crippen molar-refractivity contribution in [2.24, 2.45) is 0 Å². The van der Waals surface area contributed by atoms with Gasteiger partial charge in [-0.1, -0.05) is 0 Å². The summed E-state index contributed by atoms with van der Waals surface area (Å²) in [6, 6.07) is 0. The Morgan fingerprint density at radius 3 is 2.71 bits per heavy atom. The van der Waals surface area contributed by atoms with E-state index in [1.165, 1.54) is 0 Å². The summed E-state index contributed by atoms with van der Waals surface area (Å²) >= 11 is 5.39. The van der Waals surface area contributed by atoms with Crippen LogP contribution in [0.5, 0.6) is 5.75 Å². The van der Waals surface area contributed by atoms with Gasteiger partial charge in [-0.2, -0.15) is 0 Å². The Hall–Kier alpha value is -1.23. The van der Waals surface area contributed by atoms with Crippen LogP contribution in [0.1, 0.15) is 28.0 Å². The summed E-state index contributed by atoms with van der Waals surface area (Å²) in [7, 11) is 0. The highest BCUT2D eigenvalue weighted by molar-refractivity contribution is 6.17. The van der Waals surface area contributed by atoms with Crippen molar-refractivity contribution in [3.8, 4) is 5.75 Å². The lowest BCUT2D eigenvalue weighted by atomic mass is 10.1. The maximum absolute atomic E-state index is 12.4. The van der Waals surface area contributed by atoms with Gasteiger partial charge in [0.25, 0.3) is 6.43 Å². The summed E-state index contributed by atoms with van der Waals surface area (Å²) in [5.74, 6) is -0.857. The molecule has 0 aliphatic heterocycles. The molecule has 0 unspecified atom stereocenters. The maximum atomic E-state index is 12.4. The summed E-state index contributed by atoms with van der Waals surface area (Å²) in [6.07, 6.45) is -1.86. The first-order valence-electron chi connectivity index (χ1n) is 3.61. The number of carbonyl (C=O) groups excluding carboxylic acids is 1. The fourth-order valence-corrected chi connectivity index (χ4v) is 1.25. The Bertz CT molecular complexity index is 357. The largest absolute Gasteiger partial charge is 0.506 e. The molecule has 0 radical (unpaired) electrons. The van der Waals surface area contributed by atoms with Gasteiger partial charge in [-0.25, -0.2) is 8.78 Å². The van der Waals surface area contributed by atoms with Gasteiger partial charge in [0.15, 0.2) is 6.29 Å². The van der Waals surface area contributed by atoms with Crippen LogP contribution in [0.4, 0.5) is 8.78 Å². The van der Waals surface area contributed by atoms with Crippen LogP contribution in [0, 0.1) is 0 Å². The van der Waals surface area contributed by atoms with Crippen LogP contribution in [-0.2, 0) is 5.88 Å². The highest BCUT2D eigenvalue weighted by Crippen LogP contribution is 2.31. The Labute approximate surface area is 83.3 Å². The molecule has 6 heteroatoms. The first kappa shape index (κ1) is 10.8. The molecule has 0 aliphatic carbocycles. The molecule has 14 heavy (non-hydrogen) atoms. The topological polar surface area (TPSA) is 50.2 Å². The number of pyridine rings is 1. The van der Waals surface area contributed by atoms with E-state index in [-0.39, 0.29) is 23.4 Å². The van der Waals surface area contributed by atoms with Crippen LogP contribution in [0.25, 0.3) is 0 Å².